The first-order chi connectivity index (χ1) is 8.78. The van der Waals surface area contributed by atoms with Gasteiger partial charge in [0.2, 0.25) is 0 Å². The molecule has 0 aliphatic heterocycles. The van der Waals surface area contributed by atoms with Crippen LogP contribution in [0.15, 0.2) is 29.3 Å². The van der Waals surface area contributed by atoms with Gasteiger partial charge in [0.25, 0.3) is 0 Å². The van der Waals surface area contributed by atoms with Gasteiger partial charge in [-0.25, -0.2) is 4.39 Å². The van der Waals surface area contributed by atoms with Gasteiger partial charge in [-0.1, -0.05) is 25.0 Å². The maximum Gasteiger partial charge on any atom is 0.191 e. The highest BCUT2D eigenvalue weighted by Crippen LogP contribution is 2.17. The van der Waals surface area contributed by atoms with Gasteiger partial charge in [0.1, 0.15) is 5.82 Å². The van der Waals surface area contributed by atoms with Gasteiger partial charge in [-0.05, 0) is 30.5 Å². The number of nitrogens with zero attached hydrogens (tertiary/aromatic N) is 1. The number of aliphatic imine (C=N–C) groups is 1. The quantitative estimate of drug-likeness (QED) is 0.637. The average molecular weight is 249 g/mol. The van der Waals surface area contributed by atoms with Crippen LogP contribution in [-0.4, -0.2) is 19.0 Å². The van der Waals surface area contributed by atoms with E-state index < -0.39 is 0 Å². The Hall–Kier alpha value is -1.58. The van der Waals surface area contributed by atoms with Gasteiger partial charge in [-0.3, -0.25) is 4.99 Å². The van der Waals surface area contributed by atoms with Crippen LogP contribution in [0.1, 0.15) is 31.2 Å². The van der Waals surface area contributed by atoms with Crippen molar-refractivity contribution in [3.8, 4) is 0 Å². The van der Waals surface area contributed by atoms with Crippen molar-refractivity contribution in [1.29, 1.82) is 0 Å². The SMILES string of the molecule is CN=C(NCc1ccc(F)cc1)NC1CCCC1. The highest BCUT2D eigenvalue weighted by Gasteiger charge is 2.15. The predicted molar refractivity (Wildman–Crippen MR) is 72.0 cm³/mol. The van der Waals surface area contributed by atoms with E-state index in [-0.39, 0.29) is 5.82 Å². The smallest absolute Gasteiger partial charge is 0.191 e. The van der Waals surface area contributed by atoms with E-state index in [1.54, 1.807) is 19.2 Å². The van der Waals surface area contributed by atoms with E-state index in [1.807, 2.05) is 0 Å². The summed E-state index contributed by atoms with van der Waals surface area (Å²) in [7, 11) is 1.77. The molecular weight excluding hydrogens is 229 g/mol. The molecule has 18 heavy (non-hydrogen) atoms. The van der Waals surface area contributed by atoms with Crippen LogP contribution in [0.25, 0.3) is 0 Å². The lowest BCUT2D eigenvalue weighted by Crippen LogP contribution is -2.41. The maximum absolute atomic E-state index is 12.8. The molecule has 0 amide bonds. The van der Waals surface area contributed by atoms with E-state index >= 15 is 0 Å². The molecule has 0 aromatic heterocycles. The Bertz CT molecular complexity index is 394. The summed E-state index contributed by atoms with van der Waals surface area (Å²) in [4.78, 5) is 4.20. The van der Waals surface area contributed by atoms with E-state index in [4.69, 9.17) is 0 Å². The highest BCUT2D eigenvalue weighted by atomic mass is 19.1. The minimum absolute atomic E-state index is 0.202. The number of hydrogen-bond donors (Lipinski definition) is 2. The van der Waals surface area contributed by atoms with Crippen LogP contribution >= 0.6 is 0 Å². The van der Waals surface area contributed by atoms with E-state index in [9.17, 15) is 4.39 Å². The Balaban J connectivity index is 1.81. The summed E-state index contributed by atoms with van der Waals surface area (Å²) in [6.45, 7) is 0.659. The molecule has 0 radical (unpaired) electrons. The summed E-state index contributed by atoms with van der Waals surface area (Å²) in [5.41, 5.74) is 1.05. The van der Waals surface area contributed by atoms with Crippen molar-refractivity contribution < 1.29 is 4.39 Å². The topological polar surface area (TPSA) is 36.4 Å². The lowest BCUT2D eigenvalue weighted by Gasteiger charge is -2.16. The molecule has 0 spiro atoms. The second-order valence-corrected chi connectivity index (χ2v) is 4.68. The number of halogens is 1. The first-order valence-corrected chi connectivity index (χ1v) is 6.49. The summed E-state index contributed by atoms with van der Waals surface area (Å²) in [6.07, 6.45) is 5.04. The van der Waals surface area contributed by atoms with Gasteiger partial charge >= 0.3 is 0 Å². The molecule has 0 heterocycles. The first kappa shape index (κ1) is 12.9. The minimum atomic E-state index is -0.202. The Labute approximate surface area is 108 Å². The second-order valence-electron chi connectivity index (χ2n) is 4.68. The second kappa shape index (κ2) is 6.38. The summed E-state index contributed by atoms with van der Waals surface area (Å²) in [5.74, 6) is 0.624. The zero-order valence-corrected chi connectivity index (χ0v) is 10.7. The van der Waals surface area contributed by atoms with Crippen molar-refractivity contribution in [2.24, 2.45) is 4.99 Å². The molecule has 98 valence electrons. The van der Waals surface area contributed by atoms with Crippen molar-refractivity contribution in [3.63, 3.8) is 0 Å². The third-order valence-corrected chi connectivity index (χ3v) is 3.29. The Morgan fingerprint density at radius 1 is 1.28 bits per heavy atom. The fourth-order valence-corrected chi connectivity index (χ4v) is 2.25. The molecule has 1 fully saturated rings. The molecule has 1 aliphatic rings. The number of benzene rings is 1. The number of guanidine groups is 1. The van der Waals surface area contributed by atoms with Crippen molar-refractivity contribution in [2.45, 2.75) is 38.3 Å². The predicted octanol–water partition coefficient (Wildman–Crippen LogP) is 2.43. The van der Waals surface area contributed by atoms with Gasteiger partial charge in [0.05, 0.1) is 0 Å². The fourth-order valence-electron chi connectivity index (χ4n) is 2.25. The van der Waals surface area contributed by atoms with Gasteiger partial charge in [0, 0.05) is 19.6 Å². The summed E-state index contributed by atoms with van der Waals surface area (Å²) >= 11 is 0. The highest BCUT2D eigenvalue weighted by molar-refractivity contribution is 5.79. The van der Waals surface area contributed by atoms with Gasteiger partial charge < -0.3 is 10.6 Å². The Kier molecular flexibility index (Phi) is 4.56. The zero-order chi connectivity index (χ0) is 12.8. The third-order valence-electron chi connectivity index (χ3n) is 3.29. The number of nitrogens with one attached hydrogen (secondary N) is 2. The van der Waals surface area contributed by atoms with E-state index in [1.165, 1.54) is 37.8 Å². The van der Waals surface area contributed by atoms with Crippen molar-refractivity contribution >= 4 is 5.96 Å². The van der Waals surface area contributed by atoms with E-state index in [0.717, 1.165) is 11.5 Å². The molecule has 4 heteroatoms. The van der Waals surface area contributed by atoms with Crippen molar-refractivity contribution in [2.75, 3.05) is 7.05 Å². The normalized spacial score (nSPS) is 16.9. The van der Waals surface area contributed by atoms with Gasteiger partial charge in [-0.2, -0.15) is 0 Å². The first-order valence-electron chi connectivity index (χ1n) is 6.49. The van der Waals surface area contributed by atoms with Crippen LogP contribution in [-0.2, 0) is 6.54 Å². The molecule has 3 nitrogen and oxygen atoms in total. The molecule has 1 aliphatic carbocycles. The molecule has 0 saturated heterocycles. The van der Waals surface area contributed by atoms with Crippen LogP contribution in [0.3, 0.4) is 0 Å². The molecular formula is C14H20FN3. The van der Waals surface area contributed by atoms with Crippen molar-refractivity contribution in [1.82, 2.24) is 10.6 Å². The van der Waals surface area contributed by atoms with Crippen LogP contribution in [0.2, 0.25) is 0 Å². The van der Waals surface area contributed by atoms with E-state index in [0.29, 0.717) is 12.6 Å². The van der Waals surface area contributed by atoms with Gasteiger partial charge in [-0.15, -0.1) is 0 Å². The molecule has 0 atom stereocenters. The monoisotopic (exact) mass is 249 g/mol. The molecule has 2 N–H and O–H groups in total. The minimum Gasteiger partial charge on any atom is -0.354 e. The number of rotatable bonds is 3. The van der Waals surface area contributed by atoms with Crippen LogP contribution in [0.5, 0.6) is 0 Å². The third kappa shape index (κ3) is 3.72. The molecule has 1 aromatic rings. The maximum atomic E-state index is 12.8. The summed E-state index contributed by atoms with van der Waals surface area (Å²) in [6, 6.07) is 7.06. The molecule has 2 rings (SSSR count). The van der Waals surface area contributed by atoms with Crippen LogP contribution < -0.4 is 10.6 Å². The molecule has 1 aromatic carbocycles. The Morgan fingerprint density at radius 2 is 1.94 bits per heavy atom. The van der Waals surface area contributed by atoms with Crippen LogP contribution in [0, 0.1) is 5.82 Å². The standard InChI is InChI=1S/C14H20FN3/c1-16-14(18-13-4-2-3-5-13)17-10-11-6-8-12(15)9-7-11/h6-9,13H,2-5,10H2,1H3,(H2,16,17,18). The largest absolute Gasteiger partial charge is 0.354 e. The van der Waals surface area contributed by atoms with E-state index in [2.05, 4.69) is 15.6 Å². The fraction of sp³-hybridized carbons (Fsp3) is 0.500. The number of hydrogen-bond acceptors (Lipinski definition) is 1. The lowest BCUT2D eigenvalue weighted by atomic mass is 10.2. The lowest BCUT2D eigenvalue weighted by molar-refractivity contribution is 0.612. The van der Waals surface area contributed by atoms with Crippen molar-refractivity contribution in [3.05, 3.63) is 35.6 Å². The Morgan fingerprint density at radius 3 is 2.56 bits per heavy atom. The zero-order valence-electron chi connectivity index (χ0n) is 10.7. The molecule has 0 unspecified atom stereocenters. The average Bonchev–Trinajstić information content (AvgIpc) is 2.89. The summed E-state index contributed by atoms with van der Waals surface area (Å²) < 4.78 is 12.8. The molecule has 0 bridgehead atoms. The summed E-state index contributed by atoms with van der Waals surface area (Å²) in [5, 5.41) is 6.66. The van der Waals surface area contributed by atoms with Gasteiger partial charge in [0.15, 0.2) is 5.96 Å². The molecule has 1 saturated carbocycles. The van der Waals surface area contributed by atoms with Crippen LogP contribution in [0.4, 0.5) is 4.39 Å².